The van der Waals surface area contributed by atoms with E-state index in [1.54, 1.807) is 30.3 Å². The van der Waals surface area contributed by atoms with Gasteiger partial charge in [0.05, 0.1) is 5.56 Å². The van der Waals surface area contributed by atoms with Gasteiger partial charge in [-0.15, -0.1) is 0 Å². The molecule has 1 heterocycles. The van der Waals surface area contributed by atoms with Gasteiger partial charge in [0.15, 0.2) is 0 Å². The molecule has 0 unspecified atom stereocenters. The number of nitrogens with two attached hydrogens (primary N) is 1. The zero-order chi connectivity index (χ0) is 23.2. The fraction of sp³-hybridized carbons (Fsp3) is 0.192. The third-order valence-corrected chi connectivity index (χ3v) is 5.66. The molecule has 0 spiro atoms. The van der Waals surface area contributed by atoms with Crippen molar-refractivity contribution in [3.05, 3.63) is 95.1 Å². The average molecular weight is 441 g/mol. The van der Waals surface area contributed by atoms with Crippen LogP contribution in [0.15, 0.2) is 72.8 Å². The Kier molecular flexibility index (Phi) is 6.56. The van der Waals surface area contributed by atoms with E-state index in [1.807, 2.05) is 47.4 Å². The standard InChI is InChI=1S/C26H24N4O3/c27-17-22-5-1-2-7-24(22)33-18-19-4-3-6-21(16-19)26(32)30-14-12-29(13-15-30)23-10-8-20(9-11-23)25(28)31/h1-11,16H,12-15,18H2,(H2,28,31). The van der Waals surface area contributed by atoms with Gasteiger partial charge in [0.2, 0.25) is 5.91 Å². The summed E-state index contributed by atoms with van der Waals surface area (Å²) in [6.45, 7) is 2.89. The Morgan fingerprint density at radius 3 is 2.33 bits per heavy atom. The maximum Gasteiger partial charge on any atom is 0.253 e. The minimum absolute atomic E-state index is 0.0157. The van der Waals surface area contributed by atoms with Crippen LogP contribution >= 0.6 is 0 Å². The smallest absolute Gasteiger partial charge is 0.253 e. The maximum absolute atomic E-state index is 13.1. The van der Waals surface area contributed by atoms with Gasteiger partial charge >= 0.3 is 0 Å². The number of hydrogen-bond donors (Lipinski definition) is 1. The fourth-order valence-electron chi connectivity index (χ4n) is 3.83. The van der Waals surface area contributed by atoms with E-state index in [-0.39, 0.29) is 12.5 Å². The van der Waals surface area contributed by atoms with Crippen molar-refractivity contribution in [3.8, 4) is 11.8 Å². The minimum Gasteiger partial charge on any atom is -0.488 e. The molecule has 1 aliphatic rings. The lowest BCUT2D eigenvalue weighted by Crippen LogP contribution is -2.48. The zero-order valence-corrected chi connectivity index (χ0v) is 18.1. The summed E-state index contributed by atoms with van der Waals surface area (Å²) in [4.78, 5) is 28.3. The SMILES string of the molecule is N#Cc1ccccc1OCc1cccc(C(=O)N2CCN(c3ccc(C(N)=O)cc3)CC2)c1. The third kappa shape index (κ3) is 5.13. The molecule has 1 saturated heterocycles. The number of nitriles is 1. The lowest BCUT2D eigenvalue weighted by Gasteiger charge is -2.36. The number of carbonyl (C=O) groups excluding carboxylic acids is 2. The summed E-state index contributed by atoms with van der Waals surface area (Å²) in [5.41, 5.74) is 8.74. The summed E-state index contributed by atoms with van der Waals surface area (Å²) >= 11 is 0. The quantitative estimate of drug-likeness (QED) is 0.635. The summed E-state index contributed by atoms with van der Waals surface area (Å²) in [5, 5.41) is 9.20. The number of hydrogen-bond acceptors (Lipinski definition) is 5. The van der Waals surface area contributed by atoms with E-state index in [9.17, 15) is 14.9 Å². The summed E-state index contributed by atoms with van der Waals surface area (Å²) in [5.74, 6) is 0.0635. The first-order valence-electron chi connectivity index (χ1n) is 10.7. The van der Waals surface area contributed by atoms with Crippen LogP contribution in [-0.4, -0.2) is 42.9 Å². The van der Waals surface area contributed by atoms with E-state index < -0.39 is 5.91 Å². The molecule has 2 amide bonds. The molecule has 0 bridgehead atoms. The Balaban J connectivity index is 1.36. The molecule has 4 rings (SSSR count). The highest BCUT2D eigenvalue weighted by molar-refractivity contribution is 5.94. The number of piperazine rings is 1. The molecule has 0 radical (unpaired) electrons. The lowest BCUT2D eigenvalue weighted by molar-refractivity contribution is 0.0746. The van der Waals surface area contributed by atoms with Crippen molar-refractivity contribution in [2.45, 2.75) is 6.61 Å². The summed E-state index contributed by atoms with van der Waals surface area (Å²) in [6, 6.07) is 23.8. The van der Waals surface area contributed by atoms with Gasteiger partial charge in [-0.1, -0.05) is 24.3 Å². The number of para-hydroxylation sites is 1. The molecular formula is C26H24N4O3. The van der Waals surface area contributed by atoms with Crippen LogP contribution < -0.4 is 15.4 Å². The zero-order valence-electron chi connectivity index (χ0n) is 18.1. The van der Waals surface area contributed by atoms with Gasteiger partial charge < -0.3 is 20.3 Å². The van der Waals surface area contributed by atoms with Gasteiger partial charge in [0, 0.05) is 43.0 Å². The summed E-state index contributed by atoms with van der Waals surface area (Å²) in [7, 11) is 0. The van der Waals surface area contributed by atoms with Crippen LogP contribution in [0.3, 0.4) is 0 Å². The number of rotatable bonds is 6. The Bertz CT molecular complexity index is 1190. The number of amides is 2. The molecule has 3 aromatic rings. The number of carbonyl (C=O) groups is 2. The van der Waals surface area contributed by atoms with Gasteiger partial charge in [0.25, 0.3) is 5.91 Å². The first kappa shape index (κ1) is 21.9. The molecule has 1 aliphatic heterocycles. The second-order valence-electron chi connectivity index (χ2n) is 7.79. The molecule has 0 aromatic heterocycles. The summed E-state index contributed by atoms with van der Waals surface area (Å²) in [6.07, 6.45) is 0. The topological polar surface area (TPSA) is 99.7 Å². The Morgan fingerprint density at radius 1 is 0.909 bits per heavy atom. The molecule has 0 atom stereocenters. The molecule has 7 nitrogen and oxygen atoms in total. The Hall–Kier alpha value is -4.31. The number of nitrogens with zero attached hydrogens (tertiary/aromatic N) is 3. The van der Waals surface area contributed by atoms with Crippen LogP contribution in [-0.2, 0) is 6.61 Å². The van der Waals surface area contributed by atoms with E-state index in [0.29, 0.717) is 48.6 Å². The van der Waals surface area contributed by atoms with Gasteiger partial charge in [-0.05, 0) is 54.1 Å². The van der Waals surface area contributed by atoms with Crippen molar-refractivity contribution in [1.82, 2.24) is 4.90 Å². The van der Waals surface area contributed by atoms with Crippen molar-refractivity contribution in [2.75, 3.05) is 31.1 Å². The molecule has 7 heteroatoms. The van der Waals surface area contributed by atoms with Crippen molar-refractivity contribution >= 4 is 17.5 Å². The summed E-state index contributed by atoms with van der Waals surface area (Å²) < 4.78 is 5.80. The number of anilines is 1. The van der Waals surface area contributed by atoms with Crippen LogP contribution in [0.25, 0.3) is 0 Å². The largest absolute Gasteiger partial charge is 0.488 e. The number of benzene rings is 3. The number of ether oxygens (including phenoxy) is 1. The highest BCUT2D eigenvalue weighted by Crippen LogP contribution is 2.20. The first-order valence-corrected chi connectivity index (χ1v) is 10.7. The average Bonchev–Trinajstić information content (AvgIpc) is 2.87. The highest BCUT2D eigenvalue weighted by atomic mass is 16.5. The molecular weight excluding hydrogens is 416 g/mol. The number of primary amides is 1. The monoisotopic (exact) mass is 440 g/mol. The molecule has 33 heavy (non-hydrogen) atoms. The molecule has 0 aliphatic carbocycles. The van der Waals surface area contributed by atoms with Gasteiger partial charge in [0.1, 0.15) is 18.4 Å². The predicted octanol–water partition coefficient (Wildman–Crippen LogP) is 3.20. The van der Waals surface area contributed by atoms with Crippen molar-refractivity contribution < 1.29 is 14.3 Å². The van der Waals surface area contributed by atoms with Crippen LogP contribution in [0.1, 0.15) is 31.8 Å². The van der Waals surface area contributed by atoms with Gasteiger partial charge in [-0.25, -0.2) is 0 Å². The Morgan fingerprint density at radius 2 is 1.64 bits per heavy atom. The van der Waals surface area contributed by atoms with E-state index in [0.717, 1.165) is 11.3 Å². The first-order chi connectivity index (χ1) is 16.0. The van der Waals surface area contributed by atoms with Crippen molar-refractivity contribution in [2.24, 2.45) is 5.73 Å². The second-order valence-corrected chi connectivity index (χ2v) is 7.79. The van der Waals surface area contributed by atoms with Crippen LogP contribution in [0.5, 0.6) is 5.75 Å². The van der Waals surface area contributed by atoms with Crippen LogP contribution in [0.4, 0.5) is 5.69 Å². The molecule has 0 saturated carbocycles. The normalized spacial score (nSPS) is 13.3. The van der Waals surface area contributed by atoms with Crippen LogP contribution in [0, 0.1) is 11.3 Å². The molecule has 166 valence electrons. The minimum atomic E-state index is -0.445. The lowest BCUT2D eigenvalue weighted by atomic mass is 10.1. The second kappa shape index (κ2) is 9.88. The predicted molar refractivity (Wildman–Crippen MR) is 125 cm³/mol. The fourth-order valence-corrected chi connectivity index (χ4v) is 3.83. The Labute approximate surface area is 192 Å². The third-order valence-electron chi connectivity index (χ3n) is 5.66. The molecule has 2 N–H and O–H groups in total. The van der Waals surface area contributed by atoms with Gasteiger partial charge in [-0.3, -0.25) is 9.59 Å². The van der Waals surface area contributed by atoms with E-state index in [2.05, 4.69) is 11.0 Å². The van der Waals surface area contributed by atoms with Crippen molar-refractivity contribution in [3.63, 3.8) is 0 Å². The molecule has 3 aromatic carbocycles. The van der Waals surface area contributed by atoms with Crippen LogP contribution in [0.2, 0.25) is 0 Å². The van der Waals surface area contributed by atoms with E-state index in [1.165, 1.54) is 0 Å². The van der Waals surface area contributed by atoms with E-state index >= 15 is 0 Å². The molecule has 1 fully saturated rings. The van der Waals surface area contributed by atoms with Gasteiger partial charge in [-0.2, -0.15) is 5.26 Å². The van der Waals surface area contributed by atoms with E-state index in [4.69, 9.17) is 10.5 Å². The van der Waals surface area contributed by atoms with Crippen molar-refractivity contribution in [1.29, 1.82) is 5.26 Å². The highest BCUT2D eigenvalue weighted by Gasteiger charge is 2.22. The maximum atomic E-state index is 13.1.